The second kappa shape index (κ2) is 59.1. The molecule has 0 fully saturated rings. The van der Waals surface area contributed by atoms with Crippen molar-refractivity contribution in [1.29, 1.82) is 0 Å². The van der Waals surface area contributed by atoms with E-state index in [2.05, 4.69) is 106 Å². The topological polar surface area (TPSA) is 231 Å². The average molecular weight is 1210 g/mol. The van der Waals surface area contributed by atoms with E-state index in [1.54, 1.807) is 0 Å². The Labute approximate surface area is 502 Å². The van der Waals surface area contributed by atoms with Crippen LogP contribution in [0.25, 0.3) is 0 Å². The van der Waals surface area contributed by atoms with Crippen molar-refractivity contribution in [3.8, 4) is 0 Å². The van der Waals surface area contributed by atoms with E-state index in [1.807, 2.05) is 0 Å². The first kappa shape index (κ1) is 79.7. The molecular formula is C65H114O16P2. The van der Waals surface area contributed by atoms with Gasteiger partial charge < -0.3 is 34.2 Å². The summed E-state index contributed by atoms with van der Waals surface area (Å²) in [5, 5.41) is 20.5. The number of aliphatic hydroxyl groups is 2. The Kier molecular flexibility index (Phi) is 56.8. The van der Waals surface area contributed by atoms with Crippen LogP contribution in [0.1, 0.15) is 252 Å². The number of aliphatic hydroxyl groups excluding tert-OH is 2. The second-order valence-corrected chi connectivity index (χ2v) is 24.1. The normalized spacial score (nSPS) is 14.9. The smallest absolute Gasteiger partial charge is 0.463 e. The molecule has 0 amide bonds. The van der Waals surface area contributed by atoms with Crippen LogP contribution in [-0.4, -0.2) is 95.9 Å². The first-order valence-corrected chi connectivity index (χ1v) is 34.9. The summed E-state index contributed by atoms with van der Waals surface area (Å²) in [6.45, 7) is 2.46. The fourth-order valence-corrected chi connectivity index (χ4v) is 9.76. The maximum absolute atomic E-state index is 12.9. The lowest BCUT2D eigenvalue weighted by Crippen LogP contribution is -2.30. The van der Waals surface area contributed by atoms with E-state index >= 15 is 0 Å². The van der Waals surface area contributed by atoms with Crippen LogP contribution < -0.4 is 0 Å². The van der Waals surface area contributed by atoms with E-state index in [9.17, 15) is 43.5 Å². The second-order valence-electron chi connectivity index (χ2n) is 21.2. The fraction of sp³-hybridized carbons (Fsp3) is 0.738. The number of hydrogen-bond acceptors (Lipinski definition) is 14. The zero-order valence-electron chi connectivity index (χ0n) is 51.6. The number of phosphoric ester groups is 2. The van der Waals surface area contributed by atoms with Gasteiger partial charge in [0.2, 0.25) is 0 Å². The van der Waals surface area contributed by atoms with Gasteiger partial charge in [-0.15, -0.1) is 0 Å². The van der Waals surface area contributed by atoms with Crippen molar-refractivity contribution in [2.75, 3.05) is 39.6 Å². The molecule has 0 spiro atoms. The van der Waals surface area contributed by atoms with Crippen molar-refractivity contribution in [3.05, 3.63) is 85.1 Å². The highest BCUT2D eigenvalue weighted by molar-refractivity contribution is 7.47. The van der Waals surface area contributed by atoms with Crippen LogP contribution in [0.15, 0.2) is 85.1 Å². The molecule has 83 heavy (non-hydrogen) atoms. The molecule has 5 unspecified atom stereocenters. The number of ether oxygens (including phenoxy) is 3. The fourth-order valence-electron chi connectivity index (χ4n) is 8.17. The molecular weight excluding hydrogens is 1100 g/mol. The summed E-state index contributed by atoms with van der Waals surface area (Å²) in [5.41, 5.74) is 0. The predicted molar refractivity (Wildman–Crippen MR) is 334 cm³/mol. The lowest BCUT2D eigenvalue weighted by molar-refractivity contribution is -0.161. The van der Waals surface area contributed by atoms with Gasteiger partial charge in [0.15, 0.2) is 6.10 Å². The highest BCUT2D eigenvalue weighted by Crippen LogP contribution is 2.45. The molecule has 0 aromatic heterocycles. The van der Waals surface area contributed by atoms with Gasteiger partial charge in [-0.3, -0.25) is 32.5 Å². The zero-order valence-corrected chi connectivity index (χ0v) is 53.4. The molecule has 0 radical (unpaired) electrons. The number of esters is 3. The molecule has 5 atom stereocenters. The van der Waals surface area contributed by atoms with Crippen molar-refractivity contribution in [1.82, 2.24) is 0 Å². The van der Waals surface area contributed by atoms with Crippen LogP contribution in [0, 0.1) is 0 Å². The summed E-state index contributed by atoms with van der Waals surface area (Å²) in [4.78, 5) is 58.2. The average Bonchev–Trinajstić information content (AvgIpc) is 3.46. The summed E-state index contributed by atoms with van der Waals surface area (Å²) in [5.74, 6) is -1.61. The molecule has 0 aromatic carbocycles. The maximum Gasteiger partial charge on any atom is 0.472 e. The van der Waals surface area contributed by atoms with Gasteiger partial charge in [-0.05, 0) is 116 Å². The van der Waals surface area contributed by atoms with Crippen molar-refractivity contribution in [3.63, 3.8) is 0 Å². The number of hydrogen-bond donors (Lipinski definition) is 4. The van der Waals surface area contributed by atoms with Crippen LogP contribution in [0.5, 0.6) is 0 Å². The number of phosphoric acid groups is 2. The summed E-state index contributed by atoms with van der Waals surface area (Å²) in [7, 11) is -9.77. The van der Waals surface area contributed by atoms with E-state index in [0.717, 1.165) is 148 Å². The molecule has 0 rings (SSSR count). The number of allylic oxidation sites excluding steroid dienone is 14. The third-order valence-electron chi connectivity index (χ3n) is 13.1. The molecule has 16 nitrogen and oxygen atoms in total. The number of unbranched alkanes of at least 4 members (excludes halogenated alkanes) is 23. The van der Waals surface area contributed by atoms with Crippen LogP contribution in [0.3, 0.4) is 0 Å². The SMILES string of the molecule is CC/C=C\C/C=C\C/C=C\C/C=C\CCCCCCCCC(=O)OCC(O)COP(=O)(O)OCC(O)COP(=O)(O)OCC(COC(=O)CCCCCCC/C=C\C/C=C\CCCCC)OC(=O)CCCCCCC/C=C\CCCCCC. The van der Waals surface area contributed by atoms with Gasteiger partial charge in [-0.25, -0.2) is 9.13 Å². The standard InChI is InChI=1S/C65H114O16P2/c1-4-7-10-13-16-19-22-25-27-28-29-30-32-35-36-39-42-45-48-51-63(68)75-54-60(66)55-77-82(71,72)78-56-61(67)57-79-83(73,74)80-59-62(81-65(70)53-50-47-44-41-38-33-24-21-18-15-12-9-6-3)58-76-64(69)52-49-46-43-40-37-34-31-26-23-20-17-14-11-8-5-2/h7,10,16-17,19-21,24-27,29-31,60-62,66-67H,4-6,8-9,11-15,18,22-23,28,32-59H2,1-3H3,(H,71,72)(H,73,74)/b10-7-,19-16-,20-17-,24-21-,27-25-,30-29-,31-26-. The van der Waals surface area contributed by atoms with Crippen molar-refractivity contribution >= 4 is 33.6 Å². The molecule has 0 bridgehead atoms. The van der Waals surface area contributed by atoms with E-state index in [0.29, 0.717) is 19.3 Å². The minimum absolute atomic E-state index is 0.0915. The van der Waals surface area contributed by atoms with Crippen LogP contribution >= 0.6 is 15.6 Å². The molecule has 0 heterocycles. The van der Waals surface area contributed by atoms with Gasteiger partial charge in [0.05, 0.1) is 26.4 Å². The Bertz CT molecular complexity index is 1860. The monoisotopic (exact) mass is 1210 g/mol. The Hall–Kier alpha value is -3.27. The lowest BCUT2D eigenvalue weighted by atomic mass is 10.1. The molecule has 480 valence electrons. The van der Waals surface area contributed by atoms with Gasteiger partial charge in [-0.1, -0.05) is 202 Å². The number of rotatable bonds is 60. The summed E-state index contributed by atoms with van der Waals surface area (Å²) < 4.78 is 60.7. The Morgan fingerprint density at radius 1 is 0.349 bits per heavy atom. The lowest BCUT2D eigenvalue weighted by Gasteiger charge is -2.21. The first-order valence-electron chi connectivity index (χ1n) is 31.9. The summed E-state index contributed by atoms with van der Waals surface area (Å²) >= 11 is 0. The Morgan fingerprint density at radius 3 is 1.05 bits per heavy atom. The molecule has 0 aliphatic carbocycles. The highest BCUT2D eigenvalue weighted by Gasteiger charge is 2.29. The van der Waals surface area contributed by atoms with Crippen LogP contribution in [0.4, 0.5) is 0 Å². The summed E-state index contributed by atoms with van der Waals surface area (Å²) in [6, 6.07) is 0. The quantitative estimate of drug-likeness (QED) is 0.0146. The number of carbonyl (C=O) groups excluding carboxylic acids is 3. The predicted octanol–water partition coefficient (Wildman–Crippen LogP) is 17.0. The van der Waals surface area contributed by atoms with Gasteiger partial charge in [0, 0.05) is 19.3 Å². The van der Waals surface area contributed by atoms with Crippen LogP contribution in [0.2, 0.25) is 0 Å². The third kappa shape index (κ3) is 60.2. The first-order chi connectivity index (χ1) is 40.2. The van der Waals surface area contributed by atoms with E-state index in [-0.39, 0.29) is 19.3 Å². The Morgan fingerprint density at radius 2 is 0.639 bits per heavy atom. The summed E-state index contributed by atoms with van der Waals surface area (Å²) in [6.07, 6.45) is 60.7. The molecule has 0 aromatic rings. The Balaban J connectivity index is 4.66. The molecule has 0 saturated heterocycles. The third-order valence-corrected chi connectivity index (χ3v) is 15.0. The van der Waals surface area contributed by atoms with Gasteiger partial charge >= 0.3 is 33.6 Å². The molecule has 18 heteroatoms. The van der Waals surface area contributed by atoms with Gasteiger partial charge in [-0.2, -0.15) is 0 Å². The van der Waals surface area contributed by atoms with Crippen LogP contribution in [-0.2, 0) is 55.8 Å². The molecule has 0 aliphatic rings. The largest absolute Gasteiger partial charge is 0.472 e. The van der Waals surface area contributed by atoms with Gasteiger partial charge in [0.25, 0.3) is 0 Å². The van der Waals surface area contributed by atoms with Gasteiger partial charge in [0.1, 0.15) is 25.4 Å². The number of carbonyl (C=O) groups is 3. The van der Waals surface area contributed by atoms with E-state index < -0.39 is 91.5 Å². The molecule has 0 saturated carbocycles. The molecule has 0 aliphatic heterocycles. The van der Waals surface area contributed by atoms with E-state index in [1.165, 1.54) is 44.9 Å². The van der Waals surface area contributed by atoms with E-state index in [4.69, 9.17) is 32.3 Å². The van der Waals surface area contributed by atoms with Crippen molar-refractivity contribution in [2.24, 2.45) is 0 Å². The van der Waals surface area contributed by atoms with Crippen molar-refractivity contribution in [2.45, 2.75) is 270 Å². The zero-order chi connectivity index (χ0) is 61.0. The minimum atomic E-state index is -4.92. The highest BCUT2D eigenvalue weighted by atomic mass is 31.2. The van der Waals surface area contributed by atoms with Crippen molar-refractivity contribution < 1.29 is 75.8 Å². The molecule has 4 N–H and O–H groups in total. The minimum Gasteiger partial charge on any atom is -0.463 e. The maximum atomic E-state index is 12.9.